The summed E-state index contributed by atoms with van der Waals surface area (Å²) in [6.45, 7) is 0. The maximum absolute atomic E-state index is 12.8. The normalized spacial score (nSPS) is 19.9. The van der Waals surface area contributed by atoms with Gasteiger partial charge in [-0.1, -0.05) is 31.4 Å². The van der Waals surface area contributed by atoms with E-state index >= 15 is 0 Å². The van der Waals surface area contributed by atoms with Crippen LogP contribution in [0, 0.1) is 11.7 Å². The van der Waals surface area contributed by atoms with E-state index in [1.807, 2.05) is 0 Å². The van der Waals surface area contributed by atoms with Crippen molar-refractivity contribution in [1.82, 2.24) is 0 Å². The molecular weight excluding hydrogens is 253 g/mol. The van der Waals surface area contributed by atoms with Gasteiger partial charge in [-0.2, -0.15) is 0 Å². The van der Waals surface area contributed by atoms with Crippen molar-refractivity contribution in [2.75, 3.05) is 0 Å². The number of aliphatic hydroxyl groups excluding tert-OH is 1. The molecule has 1 saturated carbocycles. The Hall–Kier alpha value is -0.640. The lowest BCUT2D eigenvalue weighted by Crippen LogP contribution is -2.34. The van der Waals surface area contributed by atoms with Crippen LogP contribution in [0.3, 0.4) is 0 Å². The van der Waals surface area contributed by atoms with Gasteiger partial charge in [0.2, 0.25) is 0 Å². The fraction of sp³-hybridized carbons (Fsp3) is 0.571. The third-order valence-corrected chi connectivity index (χ3v) is 3.76. The lowest BCUT2D eigenvalue weighted by molar-refractivity contribution is 0.0618. The molecule has 1 aliphatic carbocycles. The number of hydrogen-bond donors (Lipinski definition) is 2. The molecule has 3 N–H and O–H groups in total. The highest BCUT2D eigenvalue weighted by atomic mass is 35.5. The first-order valence-corrected chi connectivity index (χ1v) is 6.37. The molecule has 0 spiro atoms. The van der Waals surface area contributed by atoms with Crippen LogP contribution in [0.5, 0.6) is 0 Å². The minimum atomic E-state index is -0.513. The van der Waals surface area contributed by atoms with E-state index in [0.717, 1.165) is 18.4 Å². The van der Waals surface area contributed by atoms with E-state index in [1.54, 1.807) is 12.1 Å². The average molecular weight is 274 g/mol. The van der Waals surface area contributed by atoms with Gasteiger partial charge in [0.1, 0.15) is 5.82 Å². The van der Waals surface area contributed by atoms with Crippen molar-refractivity contribution < 1.29 is 9.50 Å². The molecule has 0 saturated heterocycles. The molecule has 0 aliphatic heterocycles. The minimum absolute atomic E-state index is 0. The minimum Gasteiger partial charge on any atom is -0.391 e. The molecule has 2 nitrogen and oxygen atoms in total. The summed E-state index contributed by atoms with van der Waals surface area (Å²) in [6.07, 6.45) is 5.21. The van der Waals surface area contributed by atoms with E-state index < -0.39 is 12.1 Å². The Morgan fingerprint density at radius 1 is 1.11 bits per heavy atom. The Morgan fingerprint density at radius 2 is 1.67 bits per heavy atom. The maximum atomic E-state index is 12.8. The van der Waals surface area contributed by atoms with Gasteiger partial charge in [-0.3, -0.25) is 0 Å². The molecule has 2 rings (SSSR count). The summed E-state index contributed by atoms with van der Waals surface area (Å²) in [7, 11) is 0. The van der Waals surface area contributed by atoms with Gasteiger partial charge < -0.3 is 10.8 Å². The van der Waals surface area contributed by atoms with Crippen molar-refractivity contribution in [3.8, 4) is 0 Å². The summed E-state index contributed by atoms with van der Waals surface area (Å²) in [5.74, 6) is 0.0249. The monoisotopic (exact) mass is 273 g/mol. The van der Waals surface area contributed by atoms with Gasteiger partial charge in [-0.15, -0.1) is 12.4 Å². The molecule has 102 valence electrons. The topological polar surface area (TPSA) is 46.2 Å². The number of rotatable bonds is 3. The zero-order valence-corrected chi connectivity index (χ0v) is 11.2. The van der Waals surface area contributed by atoms with Crippen molar-refractivity contribution in [3.63, 3.8) is 0 Å². The van der Waals surface area contributed by atoms with Gasteiger partial charge in [0.05, 0.1) is 12.1 Å². The van der Waals surface area contributed by atoms with Crippen LogP contribution in [0.2, 0.25) is 0 Å². The highest BCUT2D eigenvalue weighted by molar-refractivity contribution is 5.85. The number of hydrogen-bond acceptors (Lipinski definition) is 2. The van der Waals surface area contributed by atoms with Crippen molar-refractivity contribution in [3.05, 3.63) is 35.6 Å². The Kier molecular flexibility index (Phi) is 6.06. The molecule has 1 aromatic rings. The predicted molar refractivity (Wildman–Crippen MR) is 73.2 cm³/mol. The Balaban J connectivity index is 0.00000162. The van der Waals surface area contributed by atoms with Gasteiger partial charge in [-0.05, 0) is 36.5 Å². The van der Waals surface area contributed by atoms with Crippen LogP contribution in [0.25, 0.3) is 0 Å². The van der Waals surface area contributed by atoms with Crippen LogP contribution in [0.1, 0.15) is 43.7 Å². The molecule has 2 atom stereocenters. The first-order chi connectivity index (χ1) is 8.18. The number of benzene rings is 1. The van der Waals surface area contributed by atoms with Crippen LogP contribution in [-0.4, -0.2) is 11.2 Å². The molecule has 0 bridgehead atoms. The highest BCUT2D eigenvalue weighted by Crippen LogP contribution is 2.31. The lowest BCUT2D eigenvalue weighted by Gasteiger charge is -2.30. The van der Waals surface area contributed by atoms with E-state index in [-0.39, 0.29) is 18.2 Å². The molecule has 1 fully saturated rings. The van der Waals surface area contributed by atoms with E-state index in [4.69, 9.17) is 5.73 Å². The van der Waals surface area contributed by atoms with Crippen molar-refractivity contribution in [1.29, 1.82) is 0 Å². The number of halogens is 2. The van der Waals surface area contributed by atoms with Gasteiger partial charge >= 0.3 is 0 Å². The smallest absolute Gasteiger partial charge is 0.123 e. The Morgan fingerprint density at radius 3 is 2.22 bits per heavy atom. The number of nitrogens with two attached hydrogens (primary N) is 1. The second kappa shape index (κ2) is 7.07. The molecule has 0 heterocycles. The summed E-state index contributed by atoms with van der Waals surface area (Å²) in [5, 5.41) is 10.2. The van der Waals surface area contributed by atoms with Crippen LogP contribution in [0.4, 0.5) is 4.39 Å². The van der Waals surface area contributed by atoms with Crippen molar-refractivity contribution in [2.45, 2.75) is 44.2 Å². The fourth-order valence-electron chi connectivity index (χ4n) is 2.65. The van der Waals surface area contributed by atoms with E-state index in [0.29, 0.717) is 5.92 Å². The molecular formula is C14H21ClFNO. The molecule has 1 aliphatic rings. The lowest BCUT2D eigenvalue weighted by atomic mass is 9.81. The first kappa shape index (κ1) is 15.4. The zero-order valence-electron chi connectivity index (χ0n) is 10.4. The maximum Gasteiger partial charge on any atom is 0.123 e. The highest BCUT2D eigenvalue weighted by Gasteiger charge is 2.27. The standard InChI is InChI=1S/C14H20FNO.ClH/c15-12-8-6-10(7-9-12)13(16)14(17)11-4-2-1-3-5-11;/h6-9,11,13-14,17H,1-5,16H2;1H/t13-,14+;/m0./s1. The number of aliphatic hydroxyl groups is 1. The summed E-state index contributed by atoms with van der Waals surface area (Å²) in [5.41, 5.74) is 6.86. The van der Waals surface area contributed by atoms with Gasteiger partial charge in [-0.25, -0.2) is 4.39 Å². The molecule has 0 aromatic heterocycles. The molecule has 4 heteroatoms. The summed E-state index contributed by atoms with van der Waals surface area (Å²) >= 11 is 0. The van der Waals surface area contributed by atoms with E-state index in [2.05, 4.69) is 0 Å². The quantitative estimate of drug-likeness (QED) is 0.888. The average Bonchev–Trinajstić information content (AvgIpc) is 2.39. The fourth-order valence-corrected chi connectivity index (χ4v) is 2.65. The third kappa shape index (κ3) is 3.67. The largest absolute Gasteiger partial charge is 0.391 e. The van der Waals surface area contributed by atoms with Gasteiger partial charge in [0.25, 0.3) is 0 Å². The van der Waals surface area contributed by atoms with Crippen LogP contribution in [0.15, 0.2) is 24.3 Å². The van der Waals surface area contributed by atoms with Crippen molar-refractivity contribution >= 4 is 12.4 Å². The van der Waals surface area contributed by atoms with Crippen molar-refractivity contribution in [2.24, 2.45) is 11.7 Å². The molecule has 18 heavy (non-hydrogen) atoms. The third-order valence-electron chi connectivity index (χ3n) is 3.76. The molecule has 1 aromatic carbocycles. The Bertz CT molecular complexity index is 351. The second-order valence-corrected chi connectivity index (χ2v) is 4.97. The van der Waals surface area contributed by atoms with Crippen LogP contribution < -0.4 is 5.73 Å². The summed E-state index contributed by atoms with van der Waals surface area (Å²) in [4.78, 5) is 0. The first-order valence-electron chi connectivity index (χ1n) is 6.37. The molecule has 0 amide bonds. The van der Waals surface area contributed by atoms with Crippen LogP contribution >= 0.6 is 12.4 Å². The summed E-state index contributed by atoms with van der Waals surface area (Å²) < 4.78 is 12.8. The summed E-state index contributed by atoms with van der Waals surface area (Å²) in [6, 6.07) is 5.70. The predicted octanol–water partition coefficient (Wildman–Crippen LogP) is 3.19. The van der Waals surface area contributed by atoms with Gasteiger partial charge in [0, 0.05) is 0 Å². The van der Waals surface area contributed by atoms with Gasteiger partial charge in [0.15, 0.2) is 0 Å². The SMILES string of the molecule is Cl.N[C@@H](c1ccc(F)cc1)[C@H](O)C1CCCCC1. The second-order valence-electron chi connectivity index (χ2n) is 4.97. The van der Waals surface area contributed by atoms with E-state index in [1.165, 1.54) is 31.4 Å². The van der Waals surface area contributed by atoms with Crippen LogP contribution in [-0.2, 0) is 0 Å². The zero-order chi connectivity index (χ0) is 12.3. The van der Waals surface area contributed by atoms with E-state index in [9.17, 15) is 9.50 Å². The Labute approximate surface area is 114 Å². The molecule has 0 unspecified atom stereocenters. The molecule has 0 radical (unpaired) electrons.